The van der Waals surface area contributed by atoms with Crippen molar-refractivity contribution in [1.29, 1.82) is 0 Å². The van der Waals surface area contributed by atoms with Gasteiger partial charge in [0.15, 0.2) is 23.3 Å². The summed E-state index contributed by atoms with van der Waals surface area (Å²) in [6.45, 7) is 10.4. The van der Waals surface area contributed by atoms with Crippen LogP contribution in [0, 0.1) is 46.8 Å². The second kappa shape index (κ2) is 19.1. The fraction of sp³-hybridized carbons (Fsp3) is 0.514. The molecule has 0 aliphatic rings. The summed E-state index contributed by atoms with van der Waals surface area (Å²) in [5.41, 5.74) is 10.5. The molecule has 0 radical (unpaired) electrons. The van der Waals surface area contributed by atoms with Gasteiger partial charge in [0.05, 0.1) is 6.04 Å². The van der Waals surface area contributed by atoms with E-state index in [0.29, 0.717) is 5.56 Å². The highest BCUT2D eigenvalue weighted by molar-refractivity contribution is 5.96. The van der Waals surface area contributed by atoms with Crippen molar-refractivity contribution in [3.8, 4) is 0 Å². The maximum atomic E-state index is 14.8. The second-order valence-corrected chi connectivity index (χ2v) is 13.6. The standard InChI is InChI=1S/C35H47F5N6O5/c1-16(2)12-21(41)32(48)44-24(15-20-25(36)27(38)29(40)28(39)26(20)37)33(49)45-23(14-19-10-8-7-9-11-19)34(50)46-30(18(5)6)35(51)43-22(31(42)47)13-17(3)4/h7-11,16-18,21-24,30H,12-15,41H2,1-6H3,(H2,42,47)(H,43,51)(H,44,48)(H,45,49)(H,46,50)/t21-,22-,23-,24-,30-/m1/s1. The molecule has 5 amide bonds. The fourth-order valence-corrected chi connectivity index (χ4v) is 5.24. The van der Waals surface area contributed by atoms with Crippen LogP contribution in [0.2, 0.25) is 0 Å². The predicted molar refractivity (Wildman–Crippen MR) is 179 cm³/mol. The molecule has 16 heteroatoms. The van der Waals surface area contributed by atoms with Gasteiger partial charge in [-0.1, -0.05) is 71.9 Å². The molecule has 0 aliphatic heterocycles. The Morgan fingerprint density at radius 2 is 1.04 bits per heavy atom. The molecule has 0 fully saturated rings. The number of halogens is 5. The molecule has 282 valence electrons. The number of nitrogens with two attached hydrogens (primary N) is 2. The molecular weight excluding hydrogens is 679 g/mol. The minimum atomic E-state index is -2.41. The number of nitrogens with one attached hydrogen (secondary N) is 4. The van der Waals surface area contributed by atoms with Crippen molar-refractivity contribution in [2.75, 3.05) is 0 Å². The molecule has 2 aromatic rings. The molecular formula is C35H47F5N6O5. The zero-order chi connectivity index (χ0) is 38.7. The summed E-state index contributed by atoms with van der Waals surface area (Å²) in [7, 11) is 0. The summed E-state index contributed by atoms with van der Waals surface area (Å²) >= 11 is 0. The number of hydrogen-bond acceptors (Lipinski definition) is 6. The van der Waals surface area contributed by atoms with Gasteiger partial charge in [-0.3, -0.25) is 24.0 Å². The van der Waals surface area contributed by atoms with E-state index in [9.17, 15) is 45.9 Å². The van der Waals surface area contributed by atoms with E-state index in [-0.39, 0.29) is 31.1 Å². The molecule has 5 atom stereocenters. The van der Waals surface area contributed by atoms with Crippen molar-refractivity contribution in [2.45, 2.75) is 97.4 Å². The lowest BCUT2D eigenvalue weighted by Crippen LogP contribution is -2.60. The molecule has 51 heavy (non-hydrogen) atoms. The quantitative estimate of drug-likeness (QED) is 0.0780. The average molecular weight is 727 g/mol. The molecule has 0 unspecified atom stereocenters. The number of hydrogen-bond donors (Lipinski definition) is 6. The summed E-state index contributed by atoms with van der Waals surface area (Å²) in [5.74, 6) is -16.6. The monoisotopic (exact) mass is 726 g/mol. The SMILES string of the molecule is CC(C)C[C@@H](N)C(=O)N[C@H](Cc1c(F)c(F)c(F)c(F)c1F)C(=O)N[C@H](Cc1ccccc1)C(=O)N[C@@H](C(=O)N[C@H](CC(C)C)C(N)=O)C(C)C. The molecule has 0 bridgehead atoms. The van der Waals surface area contributed by atoms with Crippen LogP contribution in [0.15, 0.2) is 30.3 Å². The van der Waals surface area contributed by atoms with E-state index in [4.69, 9.17) is 11.5 Å². The van der Waals surface area contributed by atoms with E-state index in [1.54, 1.807) is 58.0 Å². The number of amides is 5. The Labute approximate surface area is 293 Å². The van der Waals surface area contributed by atoms with E-state index < -0.39 is 107 Å². The summed E-state index contributed by atoms with van der Waals surface area (Å²) in [6.07, 6.45) is -1.06. The minimum Gasteiger partial charge on any atom is -0.368 e. The Balaban J connectivity index is 2.51. The highest BCUT2D eigenvalue weighted by atomic mass is 19.2. The summed E-state index contributed by atoms with van der Waals surface area (Å²) < 4.78 is 71.5. The Hall–Kier alpha value is -4.60. The first-order valence-electron chi connectivity index (χ1n) is 16.6. The maximum Gasteiger partial charge on any atom is 0.243 e. The summed E-state index contributed by atoms with van der Waals surface area (Å²) in [4.78, 5) is 65.9. The van der Waals surface area contributed by atoms with Crippen LogP contribution in [0.3, 0.4) is 0 Å². The minimum absolute atomic E-state index is 0.0152. The highest BCUT2D eigenvalue weighted by Gasteiger charge is 2.35. The highest BCUT2D eigenvalue weighted by Crippen LogP contribution is 2.24. The molecule has 2 aromatic carbocycles. The topological polar surface area (TPSA) is 186 Å². The van der Waals surface area contributed by atoms with Gasteiger partial charge in [0, 0.05) is 18.4 Å². The molecule has 0 spiro atoms. The third-order valence-electron chi connectivity index (χ3n) is 7.93. The Morgan fingerprint density at radius 1 is 0.588 bits per heavy atom. The van der Waals surface area contributed by atoms with E-state index in [1.165, 1.54) is 0 Å². The van der Waals surface area contributed by atoms with Crippen molar-refractivity contribution in [3.05, 3.63) is 70.5 Å². The number of rotatable bonds is 18. The lowest BCUT2D eigenvalue weighted by molar-refractivity contribution is -0.135. The van der Waals surface area contributed by atoms with Crippen molar-refractivity contribution < 1.29 is 45.9 Å². The van der Waals surface area contributed by atoms with E-state index in [0.717, 1.165) is 0 Å². The number of carbonyl (C=O) groups excluding carboxylic acids is 5. The third-order valence-corrected chi connectivity index (χ3v) is 7.93. The lowest BCUT2D eigenvalue weighted by atomic mass is 9.98. The first-order valence-corrected chi connectivity index (χ1v) is 16.6. The van der Waals surface area contributed by atoms with Crippen LogP contribution in [0.1, 0.15) is 65.5 Å². The van der Waals surface area contributed by atoms with Crippen LogP contribution in [0.4, 0.5) is 22.0 Å². The first-order chi connectivity index (χ1) is 23.7. The van der Waals surface area contributed by atoms with Gasteiger partial charge < -0.3 is 32.7 Å². The Bertz CT molecular complexity index is 1530. The molecule has 0 heterocycles. The third kappa shape index (κ3) is 12.3. The van der Waals surface area contributed by atoms with Crippen LogP contribution >= 0.6 is 0 Å². The van der Waals surface area contributed by atoms with Crippen LogP contribution in [0.25, 0.3) is 0 Å². The van der Waals surface area contributed by atoms with Crippen molar-refractivity contribution >= 4 is 29.5 Å². The number of carbonyl (C=O) groups is 5. The zero-order valence-electron chi connectivity index (χ0n) is 29.4. The molecule has 0 saturated carbocycles. The normalized spacial score (nSPS) is 14.4. The molecule has 11 nitrogen and oxygen atoms in total. The van der Waals surface area contributed by atoms with Crippen LogP contribution < -0.4 is 32.7 Å². The first kappa shape index (κ1) is 42.6. The predicted octanol–water partition coefficient (Wildman–Crippen LogP) is 2.67. The molecule has 0 aromatic heterocycles. The largest absolute Gasteiger partial charge is 0.368 e. The summed E-state index contributed by atoms with van der Waals surface area (Å²) in [6, 6.07) is 1.27. The van der Waals surface area contributed by atoms with Crippen LogP contribution in [-0.4, -0.2) is 59.7 Å². The number of benzene rings is 2. The van der Waals surface area contributed by atoms with Gasteiger partial charge in [-0.2, -0.15) is 0 Å². The Kier molecular flexibility index (Phi) is 16.0. The van der Waals surface area contributed by atoms with Crippen molar-refractivity contribution in [1.82, 2.24) is 21.3 Å². The molecule has 0 aliphatic carbocycles. The smallest absolute Gasteiger partial charge is 0.243 e. The van der Waals surface area contributed by atoms with Crippen molar-refractivity contribution in [3.63, 3.8) is 0 Å². The van der Waals surface area contributed by atoms with Crippen molar-refractivity contribution in [2.24, 2.45) is 29.2 Å². The maximum absolute atomic E-state index is 14.8. The van der Waals surface area contributed by atoms with E-state index in [2.05, 4.69) is 21.3 Å². The average Bonchev–Trinajstić information content (AvgIpc) is 3.05. The second-order valence-electron chi connectivity index (χ2n) is 13.6. The summed E-state index contributed by atoms with van der Waals surface area (Å²) in [5, 5.41) is 9.73. The van der Waals surface area contributed by atoms with Gasteiger partial charge in [-0.05, 0) is 36.2 Å². The van der Waals surface area contributed by atoms with Crippen LogP contribution in [-0.2, 0) is 36.8 Å². The van der Waals surface area contributed by atoms with E-state index in [1.807, 2.05) is 13.8 Å². The van der Waals surface area contributed by atoms with Gasteiger partial charge in [-0.25, -0.2) is 22.0 Å². The number of primary amides is 1. The molecule has 8 N–H and O–H groups in total. The van der Waals surface area contributed by atoms with Gasteiger partial charge in [0.2, 0.25) is 35.4 Å². The zero-order valence-corrected chi connectivity index (χ0v) is 29.4. The Morgan fingerprint density at radius 3 is 1.53 bits per heavy atom. The van der Waals surface area contributed by atoms with Gasteiger partial charge in [0.25, 0.3) is 0 Å². The van der Waals surface area contributed by atoms with Crippen LogP contribution in [0.5, 0.6) is 0 Å². The fourth-order valence-electron chi connectivity index (χ4n) is 5.24. The van der Waals surface area contributed by atoms with Gasteiger partial charge in [0.1, 0.15) is 24.2 Å². The molecule has 0 saturated heterocycles. The van der Waals surface area contributed by atoms with Gasteiger partial charge in [-0.15, -0.1) is 0 Å². The lowest BCUT2D eigenvalue weighted by Gasteiger charge is -2.28. The van der Waals surface area contributed by atoms with Gasteiger partial charge >= 0.3 is 0 Å². The molecule has 2 rings (SSSR count). The van der Waals surface area contributed by atoms with E-state index >= 15 is 0 Å².